The smallest absolute Gasteiger partial charge is 0.373 e. The summed E-state index contributed by atoms with van der Waals surface area (Å²) in [5, 5.41) is 34.7. The minimum Gasteiger partial charge on any atom is -0.481 e. The standard InChI is InChI=1S/C33H46N4O9.C2H4O2.CO2/c1-35(20-31(40)41)15-16-36(17-18-37(21-32(42)43)22-33(44)45)19-28(38)13-11-26-7-9-27(10-8-26)23-46-24-30(39)29(34)14-12-25-5-3-2-4-6-25;1-2(3)4;2-1-3/h2-10,29H,11-24,34H2,1H3,(H,40,41)(H,42,43)(H,44,45);1H3,(H,3,4);/t29-;;/m0../s1. The molecule has 0 fully saturated rings. The van der Waals surface area contributed by atoms with Crippen molar-refractivity contribution in [2.45, 2.75) is 45.3 Å². The molecule has 0 spiro atoms. The van der Waals surface area contributed by atoms with Crippen molar-refractivity contribution in [1.29, 1.82) is 0 Å². The highest BCUT2D eigenvalue weighted by atomic mass is 16.5. The van der Waals surface area contributed by atoms with Crippen molar-refractivity contribution >= 4 is 41.6 Å². The van der Waals surface area contributed by atoms with Gasteiger partial charge in [0, 0.05) is 39.5 Å². The summed E-state index contributed by atoms with van der Waals surface area (Å²) in [6.07, 6.45) is 2.26. The van der Waals surface area contributed by atoms with Crippen LogP contribution in [0.3, 0.4) is 0 Å². The fourth-order valence-electron chi connectivity index (χ4n) is 4.69. The summed E-state index contributed by atoms with van der Waals surface area (Å²) >= 11 is 0. The number of carboxylic acids is 4. The van der Waals surface area contributed by atoms with Gasteiger partial charge in [0.05, 0.1) is 38.8 Å². The zero-order valence-electron chi connectivity index (χ0n) is 30.1. The molecule has 2 aromatic carbocycles. The second-order valence-corrected chi connectivity index (χ2v) is 12.0. The highest BCUT2D eigenvalue weighted by Crippen LogP contribution is 2.10. The number of carboxylic acid groups (broad SMARTS) is 4. The maximum absolute atomic E-state index is 12.9. The Morgan fingerprint density at radius 2 is 1.17 bits per heavy atom. The number of Topliss-reactive ketones (excluding diaryl/α,β-unsaturated/α-hetero) is 2. The summed E-state index contributed by atoms with van der Waals surface area (Å²) < 4.78 is 5.59. The molecule has 6 N–H and O–H groups in total. The van der Waals surface area contributed by atoms with E-state index in [9.17, 15) is 24.0 Å². The second kappa shape index (κ2) is 28.4. The Morgan fingerprint density at radius 3 is 1.70 bits per heavy atom. The van der Waals surface area contributed by atoms with E-state index in [4.69, 9.17) is 45.3 Å². The number of hydrogen-bond donors (Lipinski definition) is 5. The number of hydrogen-bond acceptors (Lipinski definition) is 13. The lowest BCUT2D eigenvalue weighted by Gasteiger charge is -2.27. The van der Waals surface area contributed by atoms with E-state index in [1.807, 2.05) is 54.6 Å². The third kappa shape index (κ3) is 27.2. The van der Waals surface area contributed by atoms with Crippen LogP contribution in [0.1, 0.15) is 36.5 Å². The van der Waals surface area contributed by atoms with Crippen molar-refractivity contribution in [2.75, 3.05) is 66.0 Å². The first-order valence-electron chi connectivity index (χ1n) is 16.5. The molecule has 1 atom stereocenters. The molecule has 0 aromatic heterocycles. The van der Waals surface area contributed by atoms with Gasteiger partial charge in [0.25, 0.3) is 5.97 Å². The first kappa shape index (κ1) is 47.8. The van der Waals surface area contributed by atoms with Gasteiger partial charge >= 0.3 is 24.1 Å². The third-order valence-corrected chi connectivity index (χ3v) is 7.28. The lowest BCUT2D eigenvalue weighted by Crippen LogP contribution is -2.44. The summed E-state index contributed by atoms with van der Waals surface area (Å²) in [6, 6.07) is 16.8. The van der Waals surface area contributed by atoms with E-state index in [0.29, 0.717) is 25.9 Å². The highest BCUT2D eigenvalue weighted by molar-refractivity contribution is 5.85. The molecule has 292 valence electrons. The average Bonchev–Trinajstić information content (AvgIpc) is 3.07. The van der Waals surface area contributed by atoms with E-state index in [1.54, 1.807) is 16.8 Å². The van der Waals surface area contributed by atoms with Gasteiger partial charge in [-0.25, -0.2) is 0 Å². The number of carbonyl (C=O) groups excluding carboxylic acids is 4. The molecule has 0 aliphatic rings. The van der Waals surface area contributed by atoms with E-state index >= 15 is 0 Å². The Hall–Kier alpha value is -5.16. The monoisotopic (exact) mass is 746 g/mol. The number of nitrogens with zero attached hydrogens (tertiary/aromatic N) is 3. The summed E-state index contributed by atoms with van der Waals surface area (Å²) in [7, 11) is 1.64. The quantitative estimate of drug-likeness (QED) is 0.0928. The Balaban J connectivity index is 0.00000354. The van der Waals surface area contributed by atoms with Crippen LogP contribution in [0.5, 0.6) is 0 Å². The molecule has 0 aliphatic carbocycles. The van der Waals surface area contributed by atoms with Crippen molar-refractivity contribution in [3.05, 3.63) is 71.3 Å². The van der Waals surface area contributed by atoms with E-state index < -0.39 is 43.0 Å². The van der Waals surface area contributed by atoms with Crippen molar-refractivity contribution in [3.63, 3.8) is 0 Å². The number of nitrogens with two attached hydrogens (primary N) is 1. The van der Waals surface area contributed by atoms with Crippen LogP contribution in [-0.4, -0.2) is 149 Å². The van der Waals surface area contributed by atoms with Gasteiger partial charge in [-0.3, -0.25) is 43.5 Å². The normalized spacial score (nSPS) is 11.1. The van der Waals surface area contributed by atoms with E-state index in [1.165, 1.54) is 4.90 Å². The molecule has 0 radical (unpaired) electrons. The van der Waals surface area contributed by atoms with E-state index in [0.717, 1.165) is 30.0 Å². The number of aliphatic carboxylic acids is 4. The van der Waals surface area contributed by atoms with Crippen LogP contribution in [0.2, 0.25) is 0 Å². The SMILES string of the molecule is CC(=O)O.CN(CCN(CCN(CC(=O)O)CC(=O)O)CC(=O)CCc1ccc(COCC(=O)[C@@H](N)CCc2ccccc2)cc1)CC(=O)O.O=C=O. The topological polar surface area (TPSA) is 262 Å². The second-order valence-electron chi connectivity index (χ2n) is 12.0. The van der Waals surface area contributed by atoms with Crippen molar-refractivity contribution in [3.8, 4) is 0 Å². The zero-order valence-corrected chi connectivity index (χ0v) is 30.1. The minimum atomic E-state index is -1.16. The lowest BCUT2D eigenvalue weighted by molar-refractivity contribution is -0.192. The predicted molar refractivity (Wildman–Crippen MR) is 189 cm³/mol. The molecule has 17 nitrogen and oxygen atoms in total. The molecule has 0 aliphatic heterocycles. The molecule has 53 heavy (non-hydrogen) atoms. The largest absolute Gasteiger partial charge is 0.481 e. The summed E-state index contributed by atoms with van der Waals surface area (Å²) in [6.45, 7) is 1.30. The van der Waals surface area contributed by atoms with Crippen molar-refractivity contribution in [2.24, 2.45) is 5.73 Å². The molecule has 0 saturated carbocycles. The van der Waals surface area contributed by atoms with Crippen LogP contribution >= 0.6 is 0 Å². The number of benzene rings is 2. The zero-order chi connectivity index (χ0) is 40.2. The molecule has 0 heterocycles. The van der Waals surface area contributed by atoms with Crippen molar-refractivity contribution < 1.29 is 63.5 Å². The number of likely N-dealkylation sites (N-methyl/N-ethyl adjacent to an activating group) is 1. The van der Waals surface area contributed by atoms with Gasteiger partial charge in [-0.15, -0.1) is 0 Å². The van der Waals surface area contributed by atoms with Crippen LogP contribution in [0, 0.1) is 0 Å². The Morgan fingerprint density at radius 1 is 0.698 bits per heavy atom. The van der Waals surface area contributed by atoms with Gasteiger partial charge in [-0.2, -0.15) is 9.59 Å². The van der Waals surface area contributed by atoms with Crippen LogP contribution in [0.25, 0.3) is 0 Å². The molecule has 0 unspecified atom stereocenters. The maximum atomic E-state index is 12.9. The predicted octanol–water partition coefficient (Wildman–Crippen LogP) is 0.531. The number of ketones is 2. The van der Waals surface area contributed by atoms with E-state index in [-0.39, 0.29) is 63.5 Å². The van der Waals surface area contributed by atoms with E-state index in [2.05, 4.69) is 0 Å². The van der Waals surface area contributed by atoms with Crippen LogP contribution < -0.4 is 5.73 Å². The Labute approximate surface area is 307 Å². The van der Waals surface area contributed by atoms with Crippen LogP contribution in [-0.2, 0) is 62.5 Å². The molecular formula is C36H50N4O13. The summed E-state index contributed by atoms with van der Waals surface area (Å²) in [5.41, 5.74) is 8.99. The minimum absolute atomic E-state index is 0.0570. The van der Waals surface area contributed by atoms with Gasteiger partial charge in [0.2, 0.25) is 0 Å². The van der Waals surface area contributed by atoms with Crippen LogP contribution in [0.15, 0.2) is 54.6 Å². The first-order chi connectivity index (χ1) is 25.1. The first-order valence-corrected chi connectivity index (χ1v) is 16.5. The maximum Gasteiger partial charge on any atom is 0.373 e. The number of ether oxygens (including phenoxy) is 1. The molecule has 17 heteroatoms. The molecule has 2 aromatic rings. The van der Waals surface area contributed by atoms with Gasteiger partial charge < -0.3 is 30.9 Å². The van der Waals surface area contributed by atoms with Gasteiger partial charge in [-0.05, 0) is 43.0 Å². The Bertz CT molecular complexity index is 1430. The van der Waals surface area contributed by atoms with Gasteiger partial charge in [0.1, 0.15) is 12.4 Å². The summed E-state index contributed by atoms with van der Waals surface area (Å²) in [5.74, 6) is -4.34. The molecular weight excluding hydrogens is 696 g/mol. The van der Waals surface area contributed by atoms with Crippen LogP contribution in [0.4, 0.5) is 0 Å². The molecule has 0 bridgehead atoms. The fourth-order valence-corrected chi connectivity index (χ4v) is 4.69. The molecule has 0 saturated heterocycles. The fraction of sp³-hybridized carbons (Fsp3) is 0.472. The lowest BCUT2D eigenvalue weighted by atomic mass is 10.0. The molecule has 0 amide bonds. The average molecular weight is 747 g/mol. The third-order valence-electron chi connectivity index (χ3n) is 7.28. The number of carbonyl (C=O) groups is 6. The van der Waals surface area contributed by atoms with Crippen molar-refractivity contribution in [1.82, 2.24) is 14.7 Å². The van der Waals surface area contributed by atoms with Gasteiger partial charge in [0.15, 0.2) is 5.78 Å². The van der Waals surface area contributed by atoms with Gasteiger partial charge in [-0.1, -0.05) is 54.6 Å². The number of aryl methyl sites for hydroxylation is 2. The Kier molecular flexibility index (Phi) is 25.7. The highest BCUT2D eigenvalue weighted by Gasteiger charge is 2.18. The molecule has 2 rings (SSSR count). The number of rotatable bonds is 25. The summed E-state index contributed by atoms with van der Waals surface area (Å²) in [4.78, 5) is 88.4.